The number of nitrogens with one attached hydrogen (secondary N) is 2. The van der Waals surface area contributed by atoms with Crippen molar-refractivity contribution in [3.63, 3.8) is 0 Å². The zero-order valence-electron chi connectivity index (χ0n) is 12.1. The minimum atomic E-state index is -3.71. The Balaban J connectivity index is 2.26. The molecule has 1 unspecified atom stereocenters. The molecule has 0 bridgehead atoms. The molecular formula is C13H15FN2O5S2. The van der Waals surface area contributed by atoms with Crippen LogP contribution in [0.25, 0.3) is 0 Å². The van der Waals surface area contributed by atoms with E-state index in [2.05, 4.69) is 5.32 Å². The second-order valence-corrected chi connectivity index (χ2v) is 8.07. The predicted molar refractivity (Wildman–Crippen MR) is 84.6 cm³/mol. The summed E-state index contributed by atoms with van der Waals surface area (Å²) in [5.74, 6) is -1.82. The lowest BCUT2D eigenvalue weighted by atomic mass is 9.98. The Morgan fingerprint density at radius 2 is 2.09 bits per heavy atom. The van der Waals surface area contributed by atoms with Crippen molar-refractivity contribution >= 4 is 39.3 Å². The summed E-state index contributed by atoms with van der Waals surface area (Å²) in [5.41, 5.74) is -1.76. The number of sulfonamides is 1. The summed E-state index contributed by atoms with van der Waals surface area (Å²) >= 11 is 1.41. The van der Waals surface area contributed by atoms with E-state index in [9.17, 15) is 27.5 Å². The van der Waals surface area contributed by atoms with Gasteiger partial charge in [0.1, 0.15) is 11.4 Å². The van der Waals surface area contributed by atoms with Gasteiger partial charge in [-0.15, -0.1) is 0 Å². The number of hydrogen-bond acceptors (Lipinski definition) is 5. The maximum Gasteiger partial charge on any atom is 0.330 e. The molecule has 0 spiro atoms. The fourth-order valence-electron chi connectivity index (χ4n) is 2.12. The van der Waals surface area contributed by atoms with Gasteiger partial charge in [0.2, 0.25) is 10.0 Å². The molecule has 1 aromatic carbocycles. The number of aliphatic carboxylic acids is 1. The highest BCUT2D eigenvalue weighted by Gasteiger charge is 2.43. The third-order valence-electron chi connectivity index (χ3n) is 3.31. The Kier molecular flexibility index (Phi) is 4.85. The van der Waals surface area contributed by atoms with E-state index in [1.807, 2.05) is 4.72 Å². The molecular weight excluding hydrogens is 347 g/mol. The Morgan fingerprint density at radius 1 is 1.39 bits per heavy atom. The standard InChI is InChI=1S/C13H15FN2O5S2/c1-23(20,21)16-10-6-8(2-3-9(10)14)11(17)15-13(12(18)19)4-5-22-7-13/h2-3,6,16H,4-5,7H2,1H3,(H,15,17)(H,18,19). The fraction of sp³-hybridized carbons (Fsp3) is 0.385. The molecule has 1 saturated heterocycles. The Morgan fingerprint density at radius 3 is 2.61 bits per heavy atom. The van der Waals surface area contributed by atoms with Gasteiger partial charge in [-0.25, -0.2) is 17.6 Å². The van der Waals surface area contributed by atoms with E-state index in [4.69, 9.17) is 0 Å². The first-order valence-electron chi connectivity index (χ1n) is 6.54. The number of carbonyl (C=O) groups excluding carboxylic acids is 1. The molecule has 0 saturated carbocycles. The number of halogens is 1. The lowest BCUT2D eigenvalue weighted by molar-refractivity contribution is -0.143. The molecule has 1 amide bonds. The van der Waals surface area contributed by atoms with Crippen LogP contribution in [0.2, 0.25) is 0 Å². The highest BCUT2D eigenvalue weighted by molar-refractivity contribution is 7.99. The average Bonchev–Trinajstić information content (AvgIpc) is 2.89. The molecule has 0 radical (unpaired) electrons. The van der Waals surface area contributed by atoms with Crippen molar-refractivity contribution in [1.82, 2.24) is 5.32 Å². The van der Waals surface area contributed by atoms with Crippen molar-refractivity contribution in [2.45, 2.75) is 12.0 Å². The first-order chi connectivity index (χ1) is 10.6. The average molecular weight is 362 g/mol. The molecule has 126 valence electrons. The van der Waals surface area contributed by atoms with Crippen LogP contribution < -0.4 is 10.0 Å². The van der Waals surface area contributed by atoms with Crippen LogP contribution in [0.15, 0.2) is 18.2 Å². The van der Waals surface area contributed by atoms with Gasteiger partial charge in [0, 0.05) is 11.3 Å². The molecule has 2 rings (SSSR count). The molecule has 1 atom stereocenters. The number of carbonyl (C=O) groups is 2. The molecule has 0 aliphatic carbocycles. The van der Waals surface area contributed by atoms with E-state index in [-0.39, 0.29) is 23.4 Å². The number of anilines is 1. The zero-order chi connectivity index (χ0) is 17.3. The van der Waals surface area contributed by atoms with Crippen molar-refractivity contribution in [3.8, 4) is 0 Å². The highest BCUT2D eigenvalue weighted by Crippen LogP contribution is 2.29. The van der Waals surface area contributed by atoms with E-state index in [0.717, 1.165) is 24.5 Å². The van der Waals surface area contributed by atoms with Gasteiger partial charge in [-0.2, -0.15) is 11.8 Å². The summed E-state index contributed by atoms with van der Waals surface area (Å²) < 4.78 is 38.0. The van der Waals surface area contributed by atoms with Gasteiger partial charge in [-0.3, -0.25) is 9.52 Å². The van der Waals surface area contributed by atoms with Crippen molar-refractivity contribution in [3.05, 3.63) is 29.6 Å². The van der Waals surface area contributed by atoms with Gasteiger partial charge < -0.3 is 10.4 Å². The van der Waals surface area contributed by atoms with Crippen LogP contribution in [0, 0.1) is 5.82 Å². The zero-order valence-corrected chi connectivity index (χ0v) is 13.8. The molecule has 23 heavy (non-hydrogen) atoms. The number of thioether (sulfide) groups is 1. The quantitative estimate of drug-likeness (QED) is 0.717. The summed E-state index contributed by atoms with van der Waals surface area (Å²) in [6.45, 7) is 0. The van der Waals surface area contributed by atoms with Gasteiger partial charge in [0.25, 0.3) is 5.91 Å². The van der Waals surface area contributed by atoms with Crippen molar-refractivity contribution < 1.29 is 27.5 Å². The van der Waals surface area contributed by atoms with E-state index < -0.39 is 33.3 Å². The molecule has 1 heterocycles. The molecule has 10 heteroatoms. The second-order valence-electron chi connectivity index (χ2n) is 5.21. The molecule has 1 aliphatic rings. The smallest absolute Gasteiger partial charge is 0.330 e. The second kappa shape index (κ2) is 6.36. The van der Waals surface area contributed by atoms with Crippen LogP contribution in [0.3, 0.4) is 0 Å². The minimum absolute atomic E-state index is 0.0323. The summed E-state index contributed by atoms with van der Waals surface area (Å²) in [7, 11) is -3.71. The lowest BCUT2D eigenvalue weighted by Gasteiger charge is -2.24. The van der Waals surface area contributed by atoms with E-state index >= 15 is 0 Å². The summed E-state index contributed by atoms with van der Waals surface area (Å²) in [5, 5.41) is 11.8. The summed E-state index contributed by atoms with van der Waals surface area (Å²) in [6, 6.07) is 3.14. The largest absolute Gasteiger partial charge is 0.479 e. The molecule has 0 aromatic heterocycles. The van der Waals surface area contributed by atoms with Crippen molar-refractivity contribution in [2.24, 2.45) is 0 Å². The van der Waals surface area contributed by atoms with Gasteiger partial charge in [0.05, 0.1) is 11.9 Å². The number of carboxylic acids is 1. The molecule has 1 aliphatic heterocycles. The van der Waals surface area contributed by atoms with Gasteiger partial charge >= 0.3 is 5.97 Å². The van der Waals surface area contributed by atoms with Crippen LogP contribution in [0.5, 0.6) is 0 Å². The third kappa shape index (κ3) is 4.14. The molecule has 3 N–H and O–H groups in total. The van der Waals surface area contributed by atoms with E-state index in [0.29, 0.717) is 5.75 Å². The first-order valence-corrected chi connectivity index (χ1v) is 9.59. The molecule has 1 aromatic rings. The normalized spacial score (nSPS) is 21.0. The van der Waals surface area contributed by atoms with E-state index in [1.54, 1.807) is 0 Å². The van der Waals surface area contributed by atoms with Crippen LogP contribution in [0.1, 0.15) is 16.8 Å². The van der Waals surface area contributed by atoms with Gasteiger partial charge in [0.15, 0.2) is 0 Å². The summed E-state index contributed by atoms with van der Waals surface area (Å²) in [4.78, 5) is 23.7. The maximum absolute atomic E-state index is 13.6. The highest BCUT2D eigenvalue weighted by atomic mass is 32.2. The topological polar surface area (TPSA) is 113 Å². The third-order valence-corrected chi connectivity index (χ3v) is 5.09. The van der Waals surface area contributed by atoms with Crippen LogP contribution in [-0.4, -0.2) is 48.7 Å². The fourth-order valence-corrected chi connectivity index (χ4v) is 4.00. The maximum atomic E-state index is 13.6. The first kappa shape index (κ1) is 17.5. The number of rotatable bonds is 5. The Labute approximate surface area is 136 Å². The molecule has 7 nitrogen and oxygen atoms in total. The Hall–Kier alpha value is -1.81. The summed E-state index contributed by atoms with van der Waals surface area (Å²) in [6.07, 6.45) is 1.14. The van der Waals surface area contributed by atoms with Crippen LogP contribution in [-0.2, 0) is 14.8 Å². The monoisotopic (exact) mass is 362 g/mol. The number of amides is 1. The lowest BCUT2D eigenvalue weighted by Crippen LogP contribution is -2.54. The number of carboxylic acid groups (broad SMARTS) is 1. The van der Waals surface area contributed by atoms with Crippen LogP contribution >= 0.6 is 11.8 Å². The molecule has 1 fully saturated rings. The van der Waals surface area contributed by atoms with Gasteiger partial charge in [-0.1, -0.05) is 0 Å². The predicted octanol–water partition coefficient (Wildman–Crippen LogP) is 0.887. The Bertz CT molecular complexity index is 745. The SMILES string of the molecule is CS(=O)(=O)Nc1cc(C(=O)NC2(C(=O)O)CCSC2)ccc1F. The number of benzene rings is 1. The van der Waals surface area contributed by atoms with Crippen molar-refractivity contribution in [2.75, 3.05) is 22.5 Å². The van der Waals surface area contributed by atoms with Crippen LogP contribution in [0.4, 0.5) is 10.1 Å². The van der Waals surface area contributed by atoms with Gasteiger partial charge in [-0.05, 0) is 30.4 Å². The minimum Gasteiger partial charge on any atom is -0.479 e. The van der Waals surface area contributed by atoms with E-state index in [1.165, 1.54) is 11.8 Å². The van der Waals surface area contributed by atoms with Crippen molar-refractivity contribution in [1.29, 1.82) is 0 Å². The number of hydrogen-bond donors (Lipinski definition) is 3.